The first-order valence-corrected chi connectivity index (χ1v) is 5.57. The van der Waals surface area contributed by atoms with Gasteiger partial charge in [-0.3, -0.25) is 4.79 Å². The number of hydrogen-bond donors (Lipinski definition) is 1. The topological polar surface area (TPSA) is 46.5 Å². The van der Waals surface area contributed by atoms with Crippen molar-refractivity contribution in [1.29, 1.82) is 0 Å². The monoisotopic (exact) mass is 220 g/mol. The van der Waals surface area contributed by atoms with E-state index in [1.54, 1.807) is 12.1 Å². The molecule has 1 atom stereocenters. The highest BCUT2D eigenvalue weighted by Crippen LogP contribution is 2.31. The van der Waals surface area contributed by atoms with Gasteiger partial charge in [-0.1, -0.05) is 37.3 Å². The maximum atomic E-state index is 12.2. The summed E-state index contributed by atoms with van der Waals surface area (Å²) in [5.74, 6) is -0.349. The third-order valence-electron chi connectivity index (χ3n) is 3.14. The van der Waals surface area contributed by atoms with Gasteiger partial charge in [0.2, 0.25) is 0 Å². The highest BCUT2D eigenvalue weighted by molar-refractivity contribution is 5.98. The Hall–Kier alpha value is -1.19. The number of benzene rings is 1. The molecule has 0 spiro atoms. The molecule has 1 unspecified atom stereocenters. The van der Waals surface area contributed by atoms with E-state index in [-0.39, 0.29) is 24.9 Å². The smallest absolute Gasteiger partial charge is 0.168 e. The van der Waals surface area contributed by atoms with E-state index in [1.807, 2.05) is 25.1 Å². The summed E-state index contributed by atoms with van der Waals surface area (Å²) in [4.78, 5) is 12.2. The van der Waals surface area contributed by atoms with Gasteiger partial charge < -0.3 is 9.84 Å². The van der Waals surface area contributed by atoms with E-state index in [2.05, 4.69) is 0 Å². The summed E-state index contributed by atoms with van der Waals surface area (Å²) in [6.07, 6.45) is 0.633. The molecule has 16 heavy (non-hydrogen) atoms. The van der Waals surface area contributed by atoms with E-state index in [9.17, 15) is 9.90 Å². The Bertz CT molecular complexity index is 368. The summed E-state index contributed by atoms with van der Waals surface area (Å²) in [5.41, 5.74) is -0.295. The van der Waals surface area contributed by atoms with Gasteiger partial charge in [-0.2, -0.15) is 0 Å². The summed E-state index contributed by atoms with van der Waals surface area (Å²) in [6, 6.07) is 9.11. The lowest BCUT2D eigenvalue weighted by Gasteiger charge is -2.41. The lowest BCUT2D eigenvalue weighted by Crippen LogP contribution is -2.57. The Balaban J connectivity index is 2.19. The van der Waals surface area contributed by atoms with Crippen LogP contribution in [0.3, 0.4) is 0 Å². The number of carbonyl (C=O) groups excluding carboxylic acids is 1. The molecule has 86 valence electrons. The Morgan fingerprint density at radius 2 is 2.06 bits per heavy atom. The van der Waals surface area contributed by atoms with Crippen molar-refractivity contribution in [3.63, 3.8) is 0 Å². The van der Waals surface area contributed by atoms with Gasteiger partial charge in [0.25, 0.3) is 0 Å². The average molecular weight is 220 g/mol. The van der Waals surface area contributed by atoms with Crippen LogP contribution in [0, 0.1) is 5.92 Å². The summed E-state index contributed by atoms with van der Waals surface area (Å²) in [6.45, 7) is 2.45. The highest BCUT2D eigenvalue weighted by atomic mass is 16.5. The van der Waals surface area contributed by atoms with Gasteiger partial charge in [0.05, 0.1) is 19.1 Å². The lowest BCUT2D eigenvalue weighted by atomic mass is 9.79. The van der Waals surface area contributed by atoms with Crippen LogP contribution < -0.4 is 0 Å². The van der Waals surface area contributed by atoms with Gasteiger partial charge >= 0.3 is 0 Å². The van der Waals surface area contributed by atoms with Crippen molar-refractivity contribution in [2.45, 2.75) is 18.9 Å². The Labute approximate surface area is 95.0 Å². The summed E-state index contributed by atoms with van der Waals surface area (Å²) >= 11 is 0. The van der Waals surface area contributed by atoms with E-state index in [1.165, 1.54) is 0 Å². The first-order chi connectivity index (χ1) is 7.67. The van der Waals surface area contributed by atoms with Crippen LogP contribution in [-0.2, 0) is 4.74 Å². The van der Waals surface area contributed by atoms with E-state index >= 15 is 0 Å². The minimum atomic E-state index is -0.957. The number of hydrogen-bond acceptors (Lipinski definition) is 3. The molecule has 0 amide bonds. The van der Waals surface area contributed by atoms with Gasteiger partial charge in [0.1, 0.15) is 5.60 Å². The molecule has 1 aromatic carbocycles. The fourth-order valence-corrected chi connectivity index (χ4v) is 2.13. The lowest BCUT2D eigenvalue weighted by molar-refractivity contribution is -0.198. The molecule has 1 fully saturated rings. The Morgan fingerprint density at radius 1 is 1.44 bits per heavy atom. The number of ether oxygens (including phenoxy) is 1. The summed E-state index contributed by atoms with van der Waals surface area (Å²) < 4.78 is 5.00. The normalized spacial score (nSPS) is 19.9. The minimum Gasteiger partial charge on any atom is -0.384 e. The second-order valence-corrected chi connectivity index (χ2v) is 4.29. The first-order valence-electron chi connectivity index (χ1n) is 5.57. The zero-order valence-corrected chi connectivity index (χ0v) is 9.35. The molecule has 1 N–H and O–H groups in total. The largest absolute Gasteiger partial charge is 0.384 e. The second kappa shape index (κ2) is 4.36. The number of aliphatic hydroxyl groups is 1. The van der Waals surface area contributed by atoms with E-state index < -0.39 is 5.60 Å². The first kappa shape index (κ1) is 11.3. The zero-order valence-electron chi connectivity index (χ0n) is 9.35. The molecule has 1 heterocycles. The molecule has 0 saturated carbocycles. The number of rotatable bonds is 4. The SMILES string of the molecule is CCC(C(=O)c1ccccc1)C1(O)COC1. The highest BCUT2D eigenvalue weighted by Gasteiger charge is 2.46. The molecule has 1 aliphatic heterocycles. The van der Waals surface area contributed by atoms with Crippen molar-refractivity contribution in [3.8, 4) is 0 Å². The third-order valence-corrected chi connectivity index (χ3v) is 3.14. The fraction of sp³-hybridized carbons (Fsp3) is 0.462. The van der Waals surface area contributed by atoms with E-state index in [0.717, 1.165) is 0 Å². The molecule has 0 bridgehead atoms. The predicted molar refractivity (Wildman–Crippen MR) is 60.3 cm³/mol. The van der Waals surface area contributed by atoms with Crippen molar-refractivity contribution in [2.75, 3.05) is 13.2 Å². The standard InChI is InChI=1S/C13H16O3/c1-2-11(13(15)8-16-9-13)12(14)10-6-4-3-5-7-10/h3-7,11,15H,2,8-9H2,1H3. The van der Waals surface area contributed by atoms with Crippen molar-refractivity contribution in [1.82, 2.24) is 0 Å². The molecular formula is C13H16O3. The van der Waals surface area contributed by atoms with Crippen LogP contribution >= 0.6 is 0 Å². The van der Waals surface area contributed by atoms with Gasteiger partial charge in [-0.05, 0) is 6.42 Å². The maximum absolute atomic E-state index is 12.2. The van der Waals surface area contributed by atoms with Crippen LogP contribution in [0.5, 0.6) is 0 Å². The molecule has 0 radical (unpaired) electrons. The molecule has 2 rings (SSSR count). The molecule has 1 aliphatic rings. The van der Waals surface area contributed by atoms with Crippen molar-refractivity contribution in [3.05, 3.63) is 35.9 Å². The fourth-order valence-electron chi connectivity index (χ4n) is 2.13. The Morgan fingerprint density at radius 3 is 2.50 bits per heavy atom. The van der Waals surface area contributed by atoms with Crippen LogP contribution in [0.15, 0.2) is 30.3 Å². The predicted octanol–water partition coefficient (Wildman–Crippen LogP) is 1.66. The maximum Gasteiger partial charge on any atom is 0.168 e. The molecule has 0 aromatic heterocycles. The van der Waals surface area contributed by atoms with Crippen LogP contribution in [0.1, 0.15) is 23.7 Å². The van der Waals surface area contributed by atoms with Crippen LogP contribution in [0.4, 0.5) is 0 Å². The average Bonchev–Trinajstić information content (AvgIpc) is 2.28. The van der Waals surface area contributed by atoms with Crippen LogP contribution in [0.2, 0.25) is 0 Å². The van der Waals surface area contributed by atoms with Gasteiger partial charge in [0, 0.05) is 5.56 Å². The molecular weight excluding hydrogens is 204 g/mol. The van der Waals surface area contributed by atoms with Gasteiger partial charge in [-0.15, -0.1) is 0 Å². The summed E-state index contributed by atoms with van der Waals surface area (Å²) in [5, 5.41) is 10.2. The van der Waals surface area contributed by atoms with Crippen LogP contribution in [0.25, 0.3) is 0 Å². The number of carbonyl (C=O) groups is 1. The van der Waals surface area contributed by atoms with Crippen molar-refractivity contribution < 1.29 is 14.6 Å². The Kier molecular flexibility index (Phi) is 3.08. The zero-order chi connectivity index (χ0) is 11.6. The minimum absolute atomic E-state index is 0.00824. The van der Waals surface area contributed by atoms with Crippen molar-refractivity contribution >= 4 is 5.78 Å². The third kappa shape index (κ3) is 1.88. The van der Waals surface area contributed by atoms with E-state index in [4.69, 9.17) is 4.74 Å². The molecule has 1 aromatic rings. The van der Waals surface area contributed by atoms with E-state index in [0.29, 0.717) is 12.0 Å². The molecule has 0 aliphatic carbocycles. The number of Topliss-reactive ketones (excluding diaryl/α,β-unsaturated/α-hetero) is 1. The quantitative estimate of drug-likeness (QED) is 0.785. The van der Waals surface area contributed by atoms with Crippen molar-refractivity contribution in [2.24, 2.45) is 5.92 Å². The second-order valence-electron chi connectivity index (χ2n) is 4.29. The van der Waals surface area contributed by atoms with Crippen LogP contribution in [-0.4, -0.2) is 29.7 Å². The molecule has 3 heteroatoms. The van der Waals surface area contributed by atoms with Gasteiger partial charge in [0.15, 0.2) is 5.78 Å². The summed E-state index contributed by atoms with van der Waals surface area (Å²) in [7, 11) is 0. The molecule has 3 nitrogen and oxygen atoms in total. The number of ketones is 1. The molecule has 1 saturated heterocycles. The van der Waals surface area contributed by atoms with Gasteiger partial charge in [-0.25, -0.2) is 0 Å².